The second-order valence-corrected chi connectivity index (χ2v) is 8.04. The third-order valence-electron chi connectivity index (χ3n) is 4.60. The summed E-state index contributed by atoms with van der Waals surface area (Å²) >= 11 is 1.62. The number of allylic oxidation sites excluding steroid dienone is 1. The van der Waals surface area contributed by atoms with Crippen LogP contribution in [0.2, 0.25) is 0 Å². The first-order valence-corrected chi connectivity index (χ1v) is 9.91. The largest absolute Gasteiger partial charge is 0.355 e. The van der Waals surface area contributed by atoms with E-state index < -0.39 is 0 Å². The van der Waals surface area contributed by atoms with E-state index in [9.17, 15) is 4.79 Å². The zero-order valence-electron chi connectivity index (χ0n) is 15.1. The van der Waals surface area contributed by atoms with Crippen molar-refractivity contribution < 1.29 is 4.79 Å². The fraction of sp³-hybridized carbons (Fsp3) is 0.429. The normalized spacial score (nSPS) is 14.2. The molecule has 1 aromatic heterocycles. The van der Waals surface area contributed by atoms with Gasteiger partial charge in [0, 0.05) is 17.0 Å². The maximum Gasteiger partial charge on any atom is 0.225 e. The van der Waals surface area contributed by atoms with E-state index in [1.165, 1.54) is 36.8 Å². The number of amides is 1. The molecule has 4 heteroatoms. The highest BCUT2D eigenvalue weighted by Crippen LogP contribution is 2.28. The number of rotatable bonds is 6. The van der Waals surface area contributed by atoms with Crippen LogP contribution in [-0.2, 0) is 11.2 Å². The summed E-state index contributed by atoms with van der Waals surface area (Å²) in [7, 11) is 0. The number of thiazole rings is 1. The molecule has 3 nitrogen and oxygen atoms in total. The molecule has 0 saturated carbocycles. The summed E-state index contributed by atoms with van der Waals surface area (Å²) in [5, 5.41) is 4.08. The zero-order chi connectivity index (χ0) is 17.6. The van der Waals surface area contributed by atoms with Gasteiger partial charge in [0.1, 0.15) is 0 Å². The number of carbonyl (C=O) groups is 1. The van der Waals surface area contributed by atoms with Gasteiger partial charge in [-0.3, -0.25) is 4.79 Å². The maximum atomic E-state index is 12.3. The Morgan fingerprint density at radius 2 is 2.00 bits per heavy atom. The average Bonchev–Trinajstić information content (AvgIpc) is 2.97. The van der Waals surface area contributed by atoms with E-state index in [0.29, 0.717) is 6.42 Å². The molecule has 25 heavy (non-hydrogen) atoms. The summed E-state index contributed by atoms with van der Waals surface area (Å²) in [4.78, 5) is 18.0. The first kappa shape index (κ1) is 17.9. The van der Waals surface area contributed by atoms with Crippen LogP contribution in [-0.4, -0.2) is 17.4 Å². The van der Waals surface area contributed by atoms with Crippen LogP contribution < -0.4 is 5.32 Å². The van der Waals surface area contributed by atoms with Crippen molar-refractivity contribution in [3.8, 4) is 11.3 Å². The minimum atomic E-state index is 0.0911. The molecule has 1 aliphatic carbocycles. The summed E-state index contributed by atoms with van der Waals surface area (Å²) in [5.41, 5.74) is 4.77. The molecule has 0 fully saturated rings. The number of hydrogen-bond donors (Lipinski definition) is 1. The molecular weight excluding hydrogens is 328 g/mol. The Morgan fingerprint density at radius 3 is 2.72 bits per heavy atom. The first-order chi connectivity index (χ1) is 12.1. The van der Waals surface area contributed by atoms with Crippen LogP contribution >= 0.6 is 11.3 Å². The van der Waals surface area contributed by atoms with Gasteiger partial charge in [0.25, 0.3) is 0 Å². The van der Waals surface area contributed by atoms with E-state index >= 15 is 0 Å². The van der Waals surface area contributed by atoms with Crippen molar-refractivity contribution in [1.82, 2.24) is 10.3 Å². The fourth-order valence-corrected chi connectivity index (χ4v) is 4.19. The quantitative estimate of drug-likeness (QED) is 0.744. The standard InChI is InChI=1S/C21H26N2OS/c1-15-8-10-18(11-9-15)21-19(25-16(2)23-21)14-20(24)22-13-12-17-6-4-3-5-7-17/h6,8-11H,3-5,7,12-14H2,1-2H3,(H,22,24). The number of hydrogen-bond acceptors (Lipinski definition) is 3. The summed E-state index contributed by atoms with van der Waals surface area (Å²) in [5.74, 6) is 0.0911. The van der Waals surface area contributed by atoms with Gasteiger partial charge in [0.2, 0.25) is 5.91 Å². The number of nitrogens with one attached hydrogen (secondary N) is 1. The van der Waals surface area contributed by atoms with Gasteiger partial charge in [0.05, 0.1) is 17.1 Å². The molecule has 0 radical (unpaired) electrons. The van der Waals surface area contributed by atoms with Gasteiger partial charge in [-0.2, -0.15) is 0 Å². The lowest BCUT2D eigenvalue weighted by Crippen LogP contribution is -2.26. The lowest BCUT2D eigenvalue weighted by molar-refractivity contribution is -0.120. The molecule has 0 bridgehead atoms. The molecule has 1 N–H and O–H groups in total. The van der Waals surface area contributed by atoms with E-state index in [1.807, 2.05) is 6.92 Å². The third kappa shape index (κ3) is 5.02. The Balaban J connectivity index is 1.59. The SMILES string of the molecule is Cc1ccc(-c2nc(C)sc2CC(=O)NCCC2=CCCCC2)cc1. The molecule has 1 aliphatic rings. The summed E-state index contributed by atoms with van der Waals surface area (Å²) in [6.45, 7) is 4.81. The molecule has 3 rings (SSSR count). The molecule has 0 aliphatic heterocycles. The van der Waals surface area contributed by atoms with Crippen LogP contribution in [0.3, 0.4) is 0 Å². The minimum absolute atomic E-state index is 0.0911. The van der Waals surface area contributed by atoms with Crippen LogP contribution in [0.15, 0.2) is 35.9 Å². The van der Waals surface area contributed by atoms with Crippen LogP contribution in [0.25, 0.3) is 11.3 Å². The highest BCUT2D eigenvalue weighted by atomic mass is 32.1. The van der Waals surface area contributed by atoms with Crippen molar-refractivity contribution in [1.29, 1.82) is 0 Å². The minimum Gasteiger partial charge on any atom is -0.355 e. The second kappa shape index (κ2) is 8.43. The van der Waals surface area contributed by atoms with E-state index in [0.717, 1.165) is 34.1 Å². The van der Waals surface area contributed by atoms with Crippen LogP contribution in [0, 0.1) is 13.8 Å². The molecule has 2 aromatic rings. The first-order valence-electron chi connectivity index (χ1n) is 9.10. The van der Waals surface area contributed by atoms with Crippen molar-refractivity contribution in [3.05, 3.63) is 51.4 Å². The van der Waals surface area contributed by atoms with E-state index in [4.69, 9.17) is 0 Å². The van der Waals surface area contributed by atoms with Crippen LogP contribution in [0.1, 0.15) is 47.6 Å². The summed E-state index contributed by atoms with van der Waals surface area (Å²) in [6, 6.07) is 8.35. The van der Waals surface area contributed by atoms with Crippen molar-refractivity contribution in [2.75, 3.05) is 6.54 Å². The Kier molecular flexibility index (Phi) is 6.03. The van der Waals surface area contributed by atoms with Gasteiger partial charge < -0.3 is 5.32 Å². The highest BCUT2D eigenvalue weighted by Gasteiger charge is 2.15. The predicted molar refractivity (Wildman–Crippen MR) is 105 cm³/mol. The Labute approximate surface area is 154 Å². The smallest absolute Gasteiger partial charge is 0.225 e. The molecule has 1 aromatic carbocycles. The Bertz CT molecular complexity index is 759. The van der Waals surface area contributed by atoms with Crippen molar-refractivity contribution >= 4 is 17.2 Å². The Morgan fingerprint density at radius 1 is 1.20 bits per heavy atom. The fourth-order valence-electron chi connectivity index (χ4n) is 3.23. The van der Waals surface area contributed by atoms with Crippen molar-refractivity contribution in [2.45, 2.75) is 52.4 Å². The van der Waals surface area contributed by atoms with E-state index in [2.05, 4.69) is 47.6 Å². The summed E-state index contributed by atoms with van der Waals surface area (Å²) < 4.78 is 0. The topological polar surface area (TPSA) is 42.0 Å². The Hall–Kier alpha value is -1.94. The molecule has 1 heterocycles. The van der Waals surface area contributed by atoms with Crippen molar-refractivity contribution in [2.24, 2.45) is 0 Å². The van der Waals surface area contributed by atoms with Gasteiger partial charge >= 0.3 is 0 Å². The van der Waals surface area contributed by atoms with Crippen LogP contribution in [0.5, 0.6) is 0 Å². The predicted octanol–water partition coefficient (Wildman–Crippen LogP) is 4.98. The molecule has 132 valence electrons. The number of aromatic nitrogens is 1. The van der Waals surface area contributed by atoms with E-state index in [-0.39, 0.29) is 5.91 Å². The lowest BCUT2D eigenvalue weighted by Gasteiger charge is -2.13. The van der Waals surface area contributed by atoms with Gasteiger partial charge in [-0.05, 0) is 46.0 Å². The number of benzene rings is 1. The molecule has 1 amide bonds. The lowest BCUT2D eigenvalue weighted by atomic mass is 9.97. The average molecular weight is 355 g/mol. The van der Waals surface area contributed by atoms with Crippen LogP contribution in [0.4, 0.5) is 0 Å². The second-order valence-electron chi connectivity index (χ2n) is 6.76. The van der Waals surface area contributed by atoms with Crippen molar-refractivity contribution in [3.63, 3.8) is 0 Å². The monoisotopic (exact) mass is 354 g/mol. The van der Waals surface area contributed by atoms with Gasteiger partial charge in [-0.1, -0.05) is 41.5 Å². The van der Waals surface area contributed by atoms with Gasteiger partial charge in [-0.15, -0.1) is 11.3 Å². The number of aryl methyl sites for hydroxylation is 2. The van der Waals surface area contributed by atoms with E-state index in [1.54, 1.807) is 11.3 Å². The molecule has 0 spiro atoms. The molecule has 0 unspecified atom stereocenters. The van der Waals surface area contributed by atoms with Gasteiger partial charge in [-0.25, -0.2) is 4.98 Å². The van der Waals surface area contributed by atoms with Gasteiger partial charge in [0.15, 0.2) is 0 Å². The summed E-state index contributed by atoms with van der Waals surface area (Å²) in [6.07, 6.45) is 8.73. The molecule has 0 atom stereocenters. The molecular formula is C21H26N2OS. The molecule has 0 saturated heterocycles. The third-order valence-corrected chi connectivity index (χ3v) is 5.57. The maximum absolute atomic E-state index is 12.3. The zero-order valence-corrected chi connectivity index (χ0v) is 15.9. The highest BCUT2D eigenvalue weighted by molar-refractivity contribution is 7.12. The number of carbonyl (C=O) groups excluding carboxylic acids is 1. The number of nitrogens with zero attached hydrogens (tertiary/aromatic N) is 1.